The fourth-order valence-corrected chi connectivity index (χ4v) is 3.14. The minimum atomic E-state index is -0.598. The summed E-state index contributed by atoms with van der Waals surface area (Å²) in [6.45, 7) is 3.83. The minimum absolute atomic E-state index is 0.0787. The van der Waals surface area contributed by atoms with Crippen LogP contribution in [0.5, 0.6) is 0 Å². The number of rotatable bonds is 8. The molecule has 0 spiro atoms. The number of carbonyl (C=O) groups excluding carboxylic acids is 3. The van der Waals surface area contributed by atoms with E-state index in [4.69, 9.17) is 5.21 Å². The van der Waals surface area contributed by atoms with E-state index in [1.807, 2.05) is 13.8 Å². The van der Waals surface area contributed by atoms with Crippen LogP contribution in [-0.2, 0) is 14.4 Å². The van der Waals surface area contributed by atoms with Crippen LogP contribution in [0.15, 0.2) is 0 Å². The molecule has 7 nitrogen and oxygen atoms in total. The average Bonchev–Trinajstić information content (AvgIpc) is 2.80. The molecule has 1 fully saturated rings. The second-order valence-electron chi connectivity index (χ2n) is 7.04. The van der Waals surface area contributed by atoms with Gasteiger partial charge in [0.05, 0.1) is 6.54 Å². The van der Waals surface area contributed by atoms with E-state index in [0.717, 1.165) is 25.7 Å². The Morgan fingerprint density at radius 1 is 1.04 bits per heavy atom. The predicted molar refractivity (Wildman–Crippen MR) is 90.1 cm³/mol. The Morgan fingerprint density at radius 3 is 2.21 bits per heavy atom. The van der Waals surface area contributed by atoms with Crippen molar-refractivity contribution >= 4 is 17.7 Å². The van der Waals surface area contributed by atoms with Crippen molar-refractivity contribution in [2.45, 2.75) is 71.3 Å². The summed E-state index contributed by atoms with van der Waals surface area (Å²) < 4.78 is 0. The van der Waals surface area contributed by atoms with Crippen LogP contribution in [0, 0.1) is 11.8 Å². The molecule has 138 valence electrons. The zero-order valence-electron chi connectivity index (χ0n) is 14.8. The number of hydrogen-bond acceptors (Lipinski definition) is 4. The van der Waals surface area contributed by atoms with Crippen LogP contribution in [0.4, 0.5) is 0 Å². The molecule has 3 amide bonds. The number of carbonyl (C=O) groups is 3. The summed E-state index contributed by atoms with van der Waals surface area (Å²) in [6, 6.07) is 0.198. The van der Waals surface area contributed by atoms with Gasteiger partial charge in [0.15, 0.2) is 0 Å². The SMILES string of the molecule is CC(C)C[C@H](CC(=O)NO)C(=O)NCC(=O)NC1CCCCCC1. The highest BCUT2D eigenvalue weighted by Gasteiger charge is 2.23. The van der Waals surface area contributed by atoms with Crippen molar-refractivity contribution < 1.29 is 19.6 Å². The average molecular weight is 341 g/mol. The molecule has 0 unspecified atom stereocenters. The topological polar surface area (TPSA) is 108 Å². The molecule has 0 heterocycles. The van der Waals surface area contributed by atoms with Crippen molar-refractivity contribution in [2.24, 2.45) is 11.8 Å². The van der Waals surface area contributed by atoms with E-state index < -0.39 is 11.8 Å². The summed E-state index contributed by atoms with van der Waals surface area (Å²) in [4.78, 5) is 35.6. The van der Waals surface area contributed by atoms with Crippen molar-refractivity contribution in [3.63, 3.8) is 0 Å². The van der Waals surface area contributed by atoms with Crippen molar-refractivity contribution in [1.82, 2.24) is 16.1 Å². The summed E-state index contributed by atoms with van der Waals surface area (Å²) in [5, 5.41) is 14.2. The van der Waals surface area contributed by atoms with E-state index in [-0.39, 0.29) is 36.7 Å². The lowest BCUT2D eigenvalue weighted by molar-refractivity contribution is -0.135. The first-order valence-electron chi connectivity index (χ1n) is 8.92. The van der Waals surface area contributed by atoms with E-state index in [0.29, 0.717) is 6.42 Å². The Morgan fingerprint density at radius 2 is 1.67 bits per heavy atom. The van der Waals surface area contributed by atoms with Gasteiger partial charge in [-0.3, -0.25) is 19.6 Å². The van der Waals surface area contributed by atoms with Crippen molar-refractivity contribution in [3.05, 3.63) is 0 Å². The van der Waals surface area contributed by atoms with Gasteiger partial charge in [-0.2, -0.15) is 0 Å². The quantitative estimate of drug-likeness (QED) is 0.305. The minimum Gasteiger partial charge on any atom is -0.352 e. The number of amides is 3. The van der Waals surface area contributed by atoms with Crippen LogP contribution in [0.1, 0.15) is 65.2 Å². The first-order valence-corrected chi connectivity index (χ1v) is 8.92. The fourth-order valence-electron chi connectivity index (χ4n) is 3.14. The van der Waals surface area contributed by atoms with Gasteiger partial charge < -0.3 is 10.6 Å². The molecular weight excluding hydrogens is 310 g/mol. The van der Waals surface area contributed by atoms with Gasteiger partial charge in [0.2, 0.25) is 17.7 Å². The van der Waals surface area contributed by atoms with Gasteiger partial charge in [0.25, 0.3) is 0 Å². The van der Waals surface area contributed by atoms with Crippen molar-refractivity contribution in [2.75, 3.05) is 6.54 Å². The van der Waals surface area contributed by atoms with Crippen LogP contribution in [0.3, 0.4) is 0 Å². The maximum Gasteiger partial charge on any atom is 0.244 e. The predicted octanol–water partition coefficient (Wildman–Crippen LogP) is 1.50. The third kappa shape index (κ3) is 8.29. The third-order valence-corrected chi connectivity index (χ3v) is 4.33. The first kappa shape index (κ1) is 20.4. The van der Waals surface area contributed by atoms with Gasteiger partial charge in [-0.1, -0.05) is 39.5 Å². The van der Waals surface area contributed by atoms with Crippen LogP contribution in [0.25, 0.3) is 0 Å². The van der Waals surface area contributed by atoms with Gasteiger partial charge in [-0.05, 0) is 25.2 Å². The lowest BCUT2D eigenvalue weighted by atomic mass is 9.93. The maximum absolute atomic E-state index is 12.2. The first-order chi connectivity index (χ1) is 11.4. The lowest BCUT2D eigenvalue weighted by Crippen LogP contribution is -2.44. The molecule has 1 atom stereocenters. The number of hydroxylamine groups is 1. The molecule has 0 bridgehead atoms. The summed E-state index contributed by atoms with van der Waals surface area (Å²) in [5.74, 6) is -1.44. The van der Waals surface area contributed by atoms with Gasteiger partial charge in [0, 0.05) is 18.4 Å². The molecule has 0 saturated heterocycles. The highest BCUT2D eigenvalue weighted by Crippen LogP contribution is 2.17. The summed E-state index contributed by atoms with van der Waals surface area (Å²) in [6.07, 6.45) is 7.10. The molecule has 4 N–H and O–H groups in total. The highest BCUT2D eigenvalue weighted by atomic mass is 16.5. The normalized spacial score (nSPS) is 17.0. The molecule has 0 aromatic rings. The molecule has 0 aliphatic heterocycles. The second kappa shape index (κ2) is 11.0. The zero-order chi connectivity index (χ0) is 17.9. The Labute approximate surface area is 143 Å². The molecule has 1 aliphatic rings. The van der Waals surface area contributed by atoms with E-state index in [9.17, 15) is 14.4 Å². The largest absolute Gasteiger partial charge is 0.352 e. The summed E-state index contributed by atoms with van der Waals surface area (Å²) >= 11 is 0. The lowest BCUT2D eigenvalue weighted by Gasteiger charge is -2.19. The van der Waals surface area contributed by atoms with E-state index in [1.54, 1.807) is 5.48 Å². The van der Waals surface area contributed by atoms with E-state index in [1.165, 1.54) is 12.8 Å². The molecule has 0 aromatic heterocycles. The van der Waals surface area contributed by atoms with E-state index >= 15 is 0 Å². The monoisotopic (exact) mass is 341 g/mol. The van der Waals surface area contributed by atoms with Gasteiger partial charge >= 0.3 is 0 Å². The van der Waals surface area contributed by atoms with Crippen LogP contribution < -0.4 is 16.1 Å². The van der Waals surface area contributed by atoms with Crippen LogP contribution in [-0.4, -0.2) is 35.5 Å². The zero-order valence-corrected chi connectivity index (χ0v) is 14.8. The van der Waals surface area contributed by atoms with Gasteiger partial charge in [-0.15, -0.1) is 0 Å². The van der Waals surface area contributed by atoms with E-state index in [2.05, 4.69) is 10.6 Å². The molecule has 0 radical (unpaired) electrons. The molecule has 7 heteroatoms. The third-order valence-electron chi connectivity index (χ3n) is 4.33. The number of nitrogens with one attached hydrogen (secondary N) is 3. The molecular formula is C17H31N3O4. The van der Waals surface area contributed by atoms with Gasteiger partial charge in [-0.25, -0.2) is 5.48 Å². The van der Waals surface area contributed by atoms with Gasteiger partial charge in [0.1, 0.15) is 0 Å². The van der Waals surface area contributed by atoms with Crippen molar-refractivity contribution in [1.29, 1.82) is 0 Å². The Balaban J connectivity index is 2.41. The maximum atomic E-state index is 12.2. The highest BCUT2D eigenvalue weighted by molar-refractivity contribution is 5.88. The van der Waals surface area contributed by atoms with Crippen molar-refractivity contribution in [3.8, 4) is 0 Å². The van der Waals surface area contributed by atoms with Crippen LogP contribution >= 0.6 is 0 Å². The smallest absolute Gasteiger partial charge is 0.244 e. The summed E-state index contributed by atoms with van der Waals surface area (Å²) in [5.41, 5.74) is 1.55. The number of hydrogen-bond donors (Lipinski definition) is 4. The second-order valence-corrected chi connectivity index (χ2v) is 7.04. The molecule has 1 saturated carbocycles. The Bertz CT molecular complexity index is 418. The molecule has 24 heavy (non-hydrogen) atoms. The Hall–Kier alpha value is -1.63. The molecule has 1 aliphatic carbocycles. The molecule has 1 rings (SSSR count). The Kier molecular flexibility index (Phi) is 9.37. The standard InChI is InChI=1S/C17H31N3O4/c1-12(2)9-13(10-15(21)20-24)17(23)18-11-16(22)19-14-7-5-3-4-6-8-14/h12-14,24H,3-11H2,1-2H3,(H,18,23)(H,19,22)(H,20,21)/t13-/m1/s1. The fraction of sp³-hybridized carbons (Fsp3) is 0.824. The summed E-state index contributed by atoms with van der Waals surface area (Å²) in [7, 11) is 0. The molecule has 0 aromatic carbocycles. The van der Waals surface area contributed by atoms with Crippen LogP contribution in [0.2, 0.25) is 0 Å².